The molecule has 1 aromatic rings. The van der Waals surface area contributed by atoms with E-state index < -0.39 is 0 Å². The van der Waals surface area contributed by atoms with Crippen LogP contribution < -0.4 is 0 Å². The first-order chi connectivity index (χ1) is 9.17. The molecule has 0 N–H and O–H groups in total. The smallest absolute Gasteiger partial charge is 0.113 e. The molecular formula is C16H22O2S. The largest absolute Gasteiger partial charge is 0.233 e. The second-order valence-electron chi connectivity index (χ2n) is 6.12. The van der Waals surface area contributed by atoms with Crippen molar-refractivity contribution >= 4 is 11.8 Å². The highest BCUT2D eigenvalue weighted by atomic mass is 32.2. The van der Waals surface area contributed by atoms with Gasteiger partial charge in [0.15, 0.2) is 0 Å². The fourth-order valence-corrected chi connectivity index (χ4v) is 4.18. The van der Waals surface area contributed by atoms with E-state index in [2.05, 4.69) is 44.2 Å². The molecule has 2 nitrogen and oxygen atoms in total. The Kier molecular flexibility index (Phi) is 3.88. The van der Waals surface area contributed by atoms with Gasteiger partial charge in [-0.1, -0.05) is 25.1 Å². The zero-order valence-electron chi connectivity index (χ0n) is 11.7. The Morgan fingerprint density at radius 2 is 2.05 bits per heavy atom. The predicted octanol–water partition coefficient (Wildman–Crippen LogP) is 4.30. The summed E-state index contributed by atoms with van der Waals surface area (Å²) in [4.78, 5) is 12.8. The van der Waals surface area contributed by atoms with Gasteiger partial charge < -0.3 is 0 Å². The molecule has 0 aromatic heterocycles. The lowest BCUT2D eigenvalue weighted by Crippen LogP contribution is -2.51. The highest BCUT2D eigenvalue weighted by Gasteiger charge is 2.46. The fourth-order valence-electron chi connectivity index (χ4n) is 3.09. The number of hydrogen-bond donors (Lipinski definition) is 0. The van der Waals surface area contributed by atoms with Gasteiger partial charge in [-0.15, -0.1) is 11.8 Å². The van der Waals surface area contributed by atoms with Crippen molar-refractivity contribution in [1.82, 2.24) is 0 Å². The molecule has 1 saturated heterocycles. The molecule has 2 fully saturated rings. The summed E-state index contributed by atoms with van der Waals surface area (Å²) in [5, 5.41) is 0. The van der Waals surface area contributed by atoms with Crippen LogP contribution in [0.2, 0.25) is 0 Å². The van der Waals surface area contributed by atoms with Crippen LogP contribution in [0.4, 0.5) is 0 Å². The van der Waals surface area contributed by atoms with Gasteiger partial charge in [0, 0.05) is 10.6 Å². The van der Waals surface area contributed by atoms with Crippen LogP contribution in [0.5, 0.6) is 0 Å². The van der Waals surface area contributed by atoms with E-state index in [0.717, 1.165) is 12.2 Å². The fraction of sp³-hybridized carbons (Fsp3) is 0.625. The van der Waals surface area contributed by atoms with Gasteiger partial charge in [0.25, 0.3) is 0 Å². The quantitative estimate of drug-likeness (QED) is 0.606. The summed E-state index contributed by atoms with van der Waals surface area (Å²) in [6.45, 7) is 4.48. The molecule has 2 aliphatic rings. The molecule has 1 aliphatic carbocycles. The van der Waals surface area contributed by atoms with E-state index in [1.807, 2.05) is 11.8 Å². The van der Waals surface area contributed by atoms with E-state index in [9.17, 15) is 0 Å². The van der Waals surface area contributed by atoms with Crippen molar-refractivity contribution in [3.05, 3.63) is 30.3 Å². The van der Waals surface area contributed by atoms with Crippen molar-refractivity contribution in [3.8, 4) is 0 Å². The molecule has 0 unspecified atom stereocenters. The van der Waals surface area contributed by atoms with Gasteiger partial charge >= 0.3 is 0 Å². The van der Waals surface area contributed by atoms with E-state index >= 15 is 0 Å². The molecule has 3 rings (SSSR count). The Morgan fingerprint density at radius 1 is 1.26 bits per heavy atom. The monoisotopic (exact) mass is 278 g/mol. The van der Waals surface area contributed by atoms with Crippen molar-refractivity contribution in [2.75, 3.05) is 5.75 Å². The Bertz CT molecular complexity index is 422. The first-order valence-electron chi connectivity index (χ1n) is 7.20. The van der Waals surface area contributed by atoms with Crippen LogP contribution in [0.1, 0.15) is 33.1 Å². The topological polar surface area (TPSA) is 18.5 Å². The highest BCUT2D eigenvalue weighted by molar-refractivity contribution is 7.99. The summed E-state index contributed by atoms with van der Waals surface area (Å²) >= 11 is 1.87. The maximum atomic E-state index is 5.80. The van der Waals surface area contributed by atoms with E-state index in [1.54, 1.807) is 0 Å². The Hall–Kier alpha value is -0.510. The van der Waals surface area contributed by atoms with E-state index in [-0.39, 0.29) is 5.60 Å². The predicted molar refractivity (Wildman–Crippen MR) is 78.0 cm³/mol. The molecule has 2 bridgehead atoms. The Labute approximate surface area is 119 Å². The molecule has 1 saturated carbocycles. The van der Waals surface area contributed by atoms with Crippen molar-refractivity contribution in [1.29, 1.82) is 0 Å². The molecule has 1 aromatic carbocycles. The van der Waals surface area contributed by atoms with Crippen LogP contribution in [0.25, 0.3) is 0 Å². The molecule has 0 amide bonds. The second-order valence-corrected chi connectivity index (χ2v) is 7.17. The van der Waals surface area contributed by atoms with Crippen molar-refractivity contribution in [2.24, 2.45) is 11.8 Å². The van der Waals surface area contributed by atoms with Gasteiger partial charge in [-0.2, -0.15) is 0 Å². The first kappa shape index (κ1) is 13.5. The average molecular weight is 278 g/mol. The van der Waals surface area contributed by atoms with Gasteiger partial charge in [-0.25, -0.2) is 9.78 Å². The standard InChI is InChI=1S/C16H22O2S/c1-12-8-9-13-10-15(12)17-18-16(13,2)11-19-14-6-4-3-5-7-14/h3-7,12-13,15H,8-11H2,1-2H3/t12-,13+,15+,16+/m0/s1. The van der Waals surface area contributed by atoms with Gasteiger partial charge in [0.1, 0.15) is 5.60 Å². The highest BCUT2D eigenvalue weighted by Crippen LogP contribution is 2.45. The third kappa shape index (κ3) is 2.83. The van der Waals surface area contributed by atoms with Crippen molar-refractivity contribution < 1.29 is 9.78 Å². The summed E-state index contributed by atoms with van der Waals surface area (Å²) in [6.07, 6.45) is 4.01. The minimum absolute atomic E-state index is 0.142. The van der Waals surface area contributed by atoms with E-state index in [0.29, 0.717) is 17.9 Å². The number of benzene rings is 1. The van der Waals surface area contributed by atoms with E-state index in [4.69, 9.17) is 9.78 Å². The maximum Gasteiger partial charge on any atom is 0.113 e. The van der Waals surface area contributed by atoms with Crippen molar-refractivity contribution in [3.63, 3.8) is 0 Å². The first-order valence-corrected chi connectivity index (χ1v) is 8.18. The van der Waals surface area contributed by atoms with Crippen LogP contribution in [0, 0.1) is 11.8 Å². The number of thioether (sulfide) groups is 1. The SMILES string of the molecule is C[C@H]1CC[C@@H]2C[C@H]1OO[C@]2(C)CSc1ccccc1. The molecule has 0 radical (unpaired) electrons. The zero-order valence-corrected chi connectivity index (χ0v) is 12.5. The molecule has 3 heteroatoms. The van der Waals surface area contributed by atoms with Gasteiger partial charge in [0.2, 0.25) is 0 Å². The lowest BCUT2D eigenvalue weighted by atomic mass is 9.73. The molecule has 1 aliphatic heterocycles. The van der Waals surface area contributed by atoms with Crippen LogP contribution in [0.15, 0.2) is 35.2 Å². The maximum absolute atomic E-state index is 5.80. The summed E-state index contributed by atoms with van der Waals surface area (Å²) in [5.74, 6) is 2.24. The lowest BCUT2D eigenvalue weighted by molar-refractivity contribution is -0.427. The van der Waals surface area contributed by atoms with Crippen molar-refractivity contribution in [2.45, 2.75) is 49.7 Å². The molecule has 19 heavy (non-hydrogen) atoms. The van der Waals surface area contributed by atoms with E-state index in [1.165, 1.54) is 17.7 Å². The van der Waals surface area contributed by atoms with Gasteiger partial charge in [-0.3, -0.25) is 0 Å². The molecule has 104 valence electrons. The van der Waals surface area contributed by atoms with Crippen LogP contribution in [-0.4, -0.2) is 17.5 Å². The number of rotatable bonds is 3. The summed E-state index contributed by atoms with van der Waals surface area (Å²) < 4.78 is 0. The molecule has 0 spiro atoms. The zero-order chi connectivity index (χ0) is 13.3. The Morgan fingerprint density at radius 3 is 2.84 bits per heavy atom. The molecule has 1 heterocycles. The molecule has 4 atom stereocenters. The minimum Gasteiger partial charge on any atom is -0.233 e. The number of fused-ring (bicyclic) bond motifs is 2. The van der Waals surface area contributed by atoms with Crippen LogP contribution in [0.3, 0.4) is 0 Å². The van der Waals surface area contributed by atoms with Crippen LogP contribution in [-0.2, 0) is 9.78 Å². The normalized spacial score (nSPS) is 38.1. The average Bonchev–Trinajstić information content (AvgIpc) is 2.45. The second kappa shape index (κ2) is 5.47. The third-order valence-corrected chi connectivity index (χ3v) is 5.94. The summed E-state index contributed by atoms with van der Waals surface area (Å²) in [7, 11) is 0. The summed E-state index contributed by atoms with van der Waals surface area (Å²) in [6, 6.07) is 10.5. The molecular weight excluding hydrogens is 256 g/mol. The minimum atomic E-state index is -0.142. The summed E-state index contributed by atoms with van der Waals surface area (Å²) in [5.41, 5.74) is -0.142. The third-order valence-electron chi connectivity index (χ3n) is 4.62. The van der Waals surface area contributed by atoms with Gasteiger partial charge in [0.05, 0.1) is 6.10 Å². The number of hydrogen-bond acceptors (Lipinski definition) is 3. The van der Waals surface area contributed by atoms with Crippen LogP contribution >= 0.6 is 11.8 Å². The van der Waals surface area contributed by atoms with Gasteiger partial charge in [-0.05, 0) is 50.2 Å². The lowest BCUT2D eigenvalue weighted by Gasteiger charge is -2.47. The Balaban J connectivity index is 1.64.